The van der Waals surface area contributed by atoms with Crippen molar-refractivity contribution in [3.05, 3.63) is 35.9 Å². The van der Waals surface area contributed by atoms with Gasteiger partial charge in [0, 0.05) is 19.1 Å². The molecule has 1 heterocycles. The van der Waals surface area contributed by atoms with E-state index in [4.69, 9.17) is 0 Å². The SMILES string of the molecule is CC(C)NC(=O)N1CCC(C#N)(c2ccccc2)CC1. The lowest BCUT2D eigenvalue weighted by atomic mass is 9.74. The molecule has 1 aliphatic rings. The van der Waals surface area contributed by atoms with Crippen molar-refractivity contribution in [2.75, 3.05) is 13.1 Å². The second-order valence-corrected chi connectivity index (χ2v) is 5.65. The summed E-state index contributed by atoms with van der Waals surface area (Å²) in [6.07, 6.45) is 1.39. The number of likely N-dealkylation sites (tertiary alicyclic amines) is 1. The number of urea groups is 1. The highest BCUT2D eigenvalue weighted by Crippen LogP contribution is 2.34. The highest BCUT2D eigenvalue weighted by atomic mass is 16.2. The molecule has 1 fully saturated rings. The van der Waals surface area contributed by atoms with Gasteiger partial charge in [-0.15, -0.1) is 0 Å². The number of benzene rings is 1. The third-order valence-corrected chi connectivity index (χ3v) is 3.86. The molecule has 4 nitrogen and oxygen atoms in total. The summed E-state index contributed by atoms with van der Waals surface area (Å²) in [6.45, 7) is 5.15. The van der Waals surface area contributed by atoms with E-state index in [1.807, 2.05) is 44.2 Å². The molecule has 0 spiro atoms. The van der Waals surface area contributed by atoms with Crippen molar-refractivity contribution in [2.24, 2.45) is 0 Å². The van der Waals surface area contributed by atoms with E-state index >= 15 is 0 Å². The molecule has 1 aromatic rings. The minimum absolute atomic E-state index is 0.0281. The van der Waals surface area contributed by atoms with Gasteiger partial charge in [0.05, 0.1) is 11.5 Å². The number of hydrogen-bond donors (Lipinski definition) is 1. The molecule has 0 bridgehead atoms. The predicted molar refractivity (Wildman–Crippen MR) is 78.2 cm³/mol. The Morgan fingerprint density at radius 1 is 1.30 bits per heavy atom. The van der Waals surface area contributed by atoms with Crippen LogP contribution in [0.15, 0.2) is 30.3 Å². The van der Waals surface area contributed by atoms with Crippen molar-refractivity contribution in [3.8, 4) is 6.07 Å². The normalized spacial score (nSPS) is 17.6. The Balaban J connectivity index is 2.06. The van der Waals surface area contributed by atoms with E-state index in [9.17, 15) is 10.1 Å². The molecule has 4 heteroatoms. The lowest BCUT2D eigenvalue weighted by molar-refractivity contribution is 0.169. The van der Waals surface area contributed by atoms with Crippen LogP contribution in [0.2, 0.25) is 0 Å². The first-order valence-corrected chi connectivity index (χ1v) is 7.09. The number of carbonyl (C=O) groups is 1. The van der Waals surface area contributed by atoms with E-state index in [1.54, 1.807) is 4.90 Å². The maximum atomic E-state index is 12.0. The molecule has 0 aromatic heterocycles. The number of nitriles is 1. The van der Waals surface area contributed by atoms with E-state index in [2.05, 4.69) is 11.4 Å². The summed E-state index contributed by atoms with van der Waals surface area (Å²) in [6, 6.07) is 12.5. The van der Waals surface area contributed by atoms with E-state index < -0.39 is 5.41 Å². The summed E-state index contributed by atoms with van der Waals surface area (Å²) in [5, 5.41) is 12.5. The lowest BCUT2D eigenvalue weighted by Crippen LogP contribution is -2.49. The van der Waals surface area contributed by atoms with Crippen molar-refractivity contribution in [1.29, 1.82) is 5.26 Å². The fraction of sp³-hybridized carbons (Fsp3) is 0.500. The zero-order valence-electron chi connectivity index (χ0n) is 12.1. The number of nitrogens with one attached hydrogen (secondary N) is 1. The van der Waals surface area contributed by atoms with Gasteiger partial charge in [0.2, 0.25) is 0 Å². The van der Waals surface area contributed by atoms with Crippen molar-refractivity contribution in [1.82, 2.24) is 10.2 Å². The molecule has 1 saturated heterocycles. The van der Waals surface area contributed by atoms with Crippen molar-refractivity contribution < 1.29 is 4.79 Å². The van der Waals surface area contributed by atoms with Crippen molar-refractivity contribution in [3.63, 3.8) is 0 Å². The zero-order chi connectivity index (χ0) is 14.6. The fourth-order valence-electron chi connectivity index (χ4n) is 2.65. The van der Waals surface area contributed by atoms with Gasteiger partial charge in [-0.3, -0.25) is 0 Å². The molecule has 0 atom stereocenters. The third kappa shape index (κ3) is 2.93. The van der Waals surface area contributed by atoms with E-state index in [1.165, 1.54) is 0 Å². The Morgan fingerprint density at radius 2 is 1.90 bits per heavy atom. The minimum Gasteiger partial charge on any atom is -0.336 e. The molecule has 0 radical (unpaired) electrons. The number of carbonyl (C=O) groups excluding carboxylic acids is 1. The predicted octanol–water partition coefficient (Wildman–Crippen LogP) is 2.66. The van der Waals surface area contributed by atoms with Gasteiger partial charge in [-0.05, 0) is 32.3 Å². The first kappa shape index (κ1) is 14.4. The summed E-state index contributed by atoms with van der Waals surface area (Å²) in [4.78, 5) is 13.8. The molecular formula is C16H21N3O. The molecule has 1 aromatic carbocycles. The summed E-state index contributed by atoms with van der Waals surface area (Å²) >= 11 is 0. The van der Waals surface area contributed by atoms with Crippen LogP contribution >= 0.6 is 0 Å². The van der Waals surface area contributed by atoms with Crippen molar-refractivity contribution >= 4 is 6.03 Å². The Morgan fingerprint density at radius 3 is 2.40 bits per heavy atom. The average Bonchev–Trinajstić information content (AvgIpc) is 2.47. The minimum atomic E-state index is -0.449. The van der Waals surface area contributed by atoms with Gasteiger partial charge >= 0.3 is 6.03 Å². The molecule has 0 aliphatic carbocycles. The maximum absolute atomic E-state index is 12.0. The Kier molecular flexibility index (Phi) is 4.29. The molecule has 106 valence electrons. The van der Waals surface area contributed by atoms with Crippen LogP contribution in [0.4, 0.5) is 4.79 Å². The van der Waals surface area contributed by atoms with Gasteiger partial charge in [0.15, 0.2) is 0 Å². The molecule has 20 heavy (non-hydrogen) atoms. The second-order valence-electron chi connectivity index (χ2n) is 5.65. The summed E-state index contributed by atoms with van der Waals surface area (Å²) in [5.41, 5.74) is 0.613. The van der Waals surface area contributed by atoms with Gasteiger partial charge in [0.1, 0.15) is 0 Å². The van der Waals surface area contributed by atoms with Gasteiger partial charge in [-0.25, -0.2) is 4.79 Å². The molecule has 0 unspecified atom stereocenters. The Labute approximate surface area is 120 Å². The largest absolute Gasteiger partial charge is 0.336 e. The number of rotatable bonds is 2. The quantitative estimate of drug-likeness (QED) is 0.899. The number of piperidine rings is 1. The van der Waals surface area contributed by atoms with Gasteiger partial charge in [0.25, 0.3) is 0 Å². The second kappa shape index (κ2) is 5.96. The number of hydrogen-bond acceptors (Lipinski definition) is 2. The first-order chi connectivity index (χ1) is 9.57. The topological polar surface area (TPSA) is 56.1 Å². The molecular weight excluding hydrogens is 250 g/mol. The highest BCUT2D eigenvalue weighted by Gasteiger charge is 2.37. The highest BCUT2D eigenvalue weighted by molar-refractivity contribution is 5.74. The Bertz CT molecular complexity index is 496. The van der Waals surface area contributed by atoms with Crippen LogP contribution in [-0.4, -0.2) is 30.1 Å². The summed E-state index contributed by atoms with van der Waals surface area (Å²) in [5.74, 6) is 0. The maximum Gasteiger partial charge on any atom is 0.317 e. The first-order valence-electron chi connectivity index (χ1n) is 7.09. The molecule has 0 saturated carbocycles. The number of nitrogens with zero attached hydrogens (tertiary/aromatic N) is 2. The van der Waals surface area contributed by atoms with Crippen LogP contribution in [0.25, 0.3) is 0 Å². The fourth-order valence-corrected chi connectivity index (χ4v) is 2.65. The van der Waals surface area contributed by atoms with Crippen LogP contribution in [0.1, 0.15) is 32.3 Å². The molecule has 1 N–H and O–H groups in total. The van der Waals surface area contributed by atoms with E-state index in [-0.39, 0.29) is 12.1 Å². The van der Waals surface area contributed by atoms with Gasteiger partial charge in [-0.2, -0.15) is 5.26 Å². The van der Waals surface area contributed by atoms with E-state index in [0.29, 0.717) is 25.9 Å². The third-order valence-electron chi connectivity index (χ3n) is 3.86. The standard InChI is InChI=1S/C16H21N3O/c1-13(2)18-15(20)19-10-8-16(12-17,9-11-19)14-6-4-3-5-7-14/h3-7,13H,8-11H2,1-2H3,(H,18,20). The lowest BCUT2D eigenvalue weighted by Gasteiger charge is -2.37. The summed E-state index contributed by atoms with van der Waals surface area (Å²) < 4.78 is 0. The van der Waals surface area contributed by atoms with Crippen LogP contribution < -0.4 is 5.32 Å². The monoisotopic (exact) mass is 271 g/mol. The van der Waals surface area contributed by atoms with Crippen LogP contribution in [-0.2, 0) is 5.41 Å². The summed E-state index contributed by atoms with van der Waals surface area (Å²) in [7, 11) is 0. The number of amides is 2. The average molecular weight is 271 g/mol. The zero-order valence-corrected chi connectivity index (χ0v) is 12.1. The van der Waals surface area contributed by atoms with Crippen LogP contribution in [0, 0.1) is 11.3 Å². The van der Waals surface area contributed by atoms with Crippen molar-refractivity contribution in [2.45, 2.75) is 38.1 Å². The van der Waals surface area contributed by atoms with E-state index in [0.717, 1.165) is 5.56 Å². The Hall–Kier alpha value is -2.02. The molecule has 2 amide bonds. The molecule has 2 rings (SSSR count). The smallest absolute Gasteiger partial charge is 0.317 e. The van der Waals surface area contributed by atoms with Gasteiger partial charge in [-0.1, -0.05) is 30.3 Å². The van der Waals surface area contributed by atoms with Gasteiger partial charge < -0.3 is 10.2 Å². The molecule has 1 aliphatic heterocycles. The van der Waals surface area contributed by atoms with Crippen LogP contribution in [0.3, 0.4) is 0 Å². The van der Waals surface area contributed by atoms with Crippen LogP contribution in [0.5, 0.6) is 0 Å².